The third kappa shape index (κ3) is 5.08. The zero-order valence-electron chi connectivity index (χ0n) is 17.6. The van der Waals surface area contributed by atoms with Gasteiger partial charge in [0.1, 0.15) is 5.01 Å². The maximum atomic E-state index is 12.6. The minimum Gasteiger partial charge on any atom is -0.324 e. The fraction of sp³-hybridized carbons (Fsp3) is 0.304. The SMILES string of the molecule is Cc1ccc(NC(=O)c2nnc(C3CCN(C(=O)Nc4ccccc4C)CC3)s2)cc1. The van der Waals surface area contributed by atoms with E-state index in [-0.39, 0.29) is 17.9 Å². The third-order valence-corrected chi connectivity index (χ3v) is 6.55. The maximum Gasteiger partial charge on any atom is 0.321 e. The van der Waals surface area contributed by atoms with E-state index in [1.165, 1.54) is 11.3 Å². The Bertz CT molecular complexity index is 1070. The van der Waals surface area contributed by atoms with Crippen molar-refractivity contribution in [1.29, 1.82) is 0 Å². The first-order valence-corrected chi connectivity index (χ1v) is 11.1. The van der Waals surface area contributed by atoms with Crippen molar-refractivity contribution in [3.05, 3.63) is 69.7 Å². The van der Waals surface area contributed by atoms with Gasteiger partial charge in [-0.3, -0.25) is 4.79 Å². The summed E-state index contributed by atoms with van der Waals surface area (Å²) in [5.41, 5.74) is 3.74. The molecule has 0 spiro atoms. The second-order valence-corrected chi connectivity index (χ2v) is 8.78. The van der Waals surface area contributed by atoms with E-state index in [9.17, 15) is 9.59 Å². The number of aromatic nitrogens is 2. The predicted octanol–water partition coefficient (Wildman–Crippen LogP) is 4.82. The second-order valence-electron chi connectivity index (χ2n) is 7.77. The van der Waals surface area contributed by atoms with Crippen LogP contribution < -0.4 is 10.6 Å². The molecule has 4 rings (SSSR count). The summed E-state index contributed by atoms with van der Waals surface area (Å²) < 4.78 is 0. The molecule has 0 radical (unpaired) electrons. The van der Waals surface area contributed by atoms with Gasteiger partial charge in [-0.05, 0) is 50.5 Å². The Kier molecular flexibility index (Phi) is 6.27. The van der Waals surface area contributed by atoms with Crippen molar-refractivity contribution in [1.82, 2.24) is 15.1 Å². The number of likely N-dealkylation sites (tertiary alicyclic amines) is 1. The van der Waals surface area contributed by atoms with Gasteiger partial charge in [-0.15, -0.1) is 10.2 Å². The molecule has 1 aliphatic rings. The first-order valence-electron chi connectivity index (χ1n) is 10.3. The molecule has 0 unspecified atom stereocenters. The van der Waals surface area contributed by atoms with Crippen LogP contribution >= 0.6 is 11.3 Å². The van der Waals surface area contributed by atoms with E-state index < -0.39 is 0 Å². The van der Waals surface area contributed by atoms with Crippen molar-refractivity contribution in [2.75, 3.05) is 23.7 Å². The van der Waals surface area contributed by atoms with Gasteiger partial charge in [0.25, 0.3) is 5.91 Å². The molecule has 0 aliphatic carbocycles. The molecular formula is C23H25N5O2S. The molecule has 3 aromatic rings. The van der Waals surface area contributed by atoms with Gasteiger partial charge in [0, 0.05) is 30.4 Å². The summed E-state index contributed by atoms with van der Waals surface area (Å²) in [6, 6.07) is 15.3. The number of carbonyl (C=O) groups excluding carboxylic acids is 2. The second kappa shape index (κ2) is 9.26. The number of urea groups is 1. The number of piperidine rings is 1. The number of nitrogens with one attached hydrogen (secondary N) is 2. The molecule has 0 atom stereocenters. The Balaban J connectivity index is 1.31. The Morgan fingerprint density at radius 2 is 1.68 bits per heavy atom. The van der Waals surface area contributed by atoms with Crippen molar-refractivity contribution in [2.24, 2.45) is 0 Å². The highest BCUT2D eigenvalue weighted by Crippen LogP contribution is 2.30. The predicted molar refractivity (Wildman–Crippen MR) is 123 cm³/mol. The number of carbonyl (C=O) groups is 2. The molecule has 0 bridgehead atoms. The number of aryl methyl sites for hydroxylation is 2. The summed E-state index contributed by atoms with van der Waals surface area (Å²) in [6.07, 6.45) is 1.60. The van der Waals surface area contributed by atoms with Gasteiger partial charge in [-0.2, -0.15) is 0 Å². The van der Waals surface area contributed by atoms with Crippen LogP contribution in [0.1, 0.15) is 44.7 Å². The molecule has 2 N–H and O–H groups in total. The molecule has 31 heavy (non-hydrogen) atoms. The first kappa shape index (κ1) is 21.0. The third-order valence-electron chi connectivity index (χ3n) is 5.46. The minimum atomic E-state index is -0.248. The fourth-order valence-corrected chi connectivity index (χ4v) is 4.46. The molecule has 160 valence electrons. The number of amides is 3. The van der Waals surface area contributed by atoms with Crippen LogP contribution in [-0.4, -0.2) is 40.1 Å². The van der Waals surface area contributed by atoms with Crippen LogP contribution in [-0.2, 0) is 0 Å². The molecule has 1 saturated heterocycles. The summed E-state index contributed by atoms with van der Waals surface area (Å²) in [7, 11) is 0. The van der Waals surface area contributed by atoms with Crippen molar-refractivity contribution in [3.63, 3.8) is 0 Å². The number of hydrogen-bond acceptors (Lipinski definition) is 5. The smallest absolute Gasteiger partial charge is 0.321 e. The van der Waals surface area contributed by atoms with Crippen molar-refractivity contribution < 1.29 is 9.59 Å². The average molecular weight is 436 g/mol. The Morgan fingerprint density at radius 1 is 0.968 bits per heavy atom. The molecular weight excluding hydrogens is 410 g/mol. The van der Waals surface area contributed by atoms with E-state index in [1.807, 2.05) is 67.3 Å². The largest absolute Gasteiger partial charge is 0.324 e. The molecule has 2 aromatic carbocycles. The van der Waals surface area contributed by atoms with Gasteiger partial charge in [0.2, 0.25) is 5.01 Å². The van der Waals surface area contributed by atoms with E-state index >= 15 is 0 Å². The molecule has 2 heterocycles. The highest BCUT2D eigenvalue weighted by Gasteiger charge is 2.27. The van der Waals surface area contributed by atoms with Crippen molar-refractivity contribution in [3.8, 4) is 0 Å². The molecule has 7 nitrogen and oxygen atoms in total. The number of anilines is 2. The number of rotatable bonds is 4. The summed E-state index contributed by atoms with van der Waals surface area (Å²) in [4.78, 5) is 26.9. The Hall–Kier alpha value is -3.26. The lowest BCUT2D eigenvalue weighted by molar-refractivity contribution is 0.102. The average Bonchev–Trinajstić information content (AvgIpc) is 3.27. The standard InChI is InChI=1S/C23H25N5O2S/c1-15-7-9-18(10-8-15)24-20(29)22-27-26-21(31-22)17-11-13-28(14-12-17)23(30)25-19-6-4-3-5-16(19)2/h3-10,17H,11-14H2,1-2H3,(H,24,29)(H,25,30). The van der Waals surface area contributed by atoms with Gasteiger partial charge in [0.05, 0.1) is 0 Å². The van der Waals surface area contributed by atoms with Gasteiger partial charge < -0.3 is 15.5 Å². The van der Waals surface area contributed by atoms with E-state index in [1.54, 1.807) is 0 Å². The summed E-state index contributed by atoms with van der Waals surface area (Å²) in [6.45, 7) is 5.27. The van der Waals surface area contributed by atoms with Crippen LogP contribution in [0, 0.1) is 13.8 Å². The van der Waals surface area contributed by atoms with E-state index in [0.717, 1.165) is 40.4 Å². The Morgan fingerprint density at radius 3 is 2.39 bits per heavy atom. The normalized spacial score (nSPS) is 14.3. The van der Waals surface area contributed by atoms with Crippen LogP contribution in [0.2, 0.25) is 0 Å². The van der Waals surface area contributed by atoms with E-state index in [4.69, 9.17) is 0 Å². The lowest BCUT2D eigenvalue weighted by atomic mass is 9.98. The lowest BCUT2D eigenvalue weighted by Crippen LogP contribution is -2.40. The highest BCUT2D eigenvalue weighted by molar-refractivity contribution is 7.13. The number of nitrogens with zero attached hydrogens (tertiary/aromatic N) is 3. The number of benzene rings is 2. The van der Waals surface area contributed by atoms with Gasteiger partial charge in [-0.1, -0.05) is 47.2 Å². The topological polar surface area (TPSA) is 87.2 Å². The van der Waals surface area contributed by atoms with Gasteiger partial charge >= 0.3 is 6.03 Å². The Labute approximate surface area is 185 Å². The van der Waals surface area contributed by atoms with Crippen LogP contribution in [0.25, 0.3) is 0 Å². The maximum absolute atomic E-state index is 12.6. The molecule has 1 aromatic heterocycles. The highest BCUT2D eigenvalue weighted by atomic mass is 32.1. The number of hydrogen-bond donors (Lipinski definition) is 2. The molecule has 8 heteroatoms. The molecule has 1 aliphatic heterocycles. The lowest BCUT2D eigenvalue weighted by Gasteiger charge is -2.31. The van der Waals surface area contributed by atoms with Crippen molar-refractivity contribution in [2.45, 2.75) is 32.6 Å². The first-order chi connectivity index (χ1) is 15.0. The van der Waals surface area contributed by atoms with E-state index in [2.05, 4.69) is 20.8 Å². The van der Waals surface area contributed by atoms with Crippen LogP contribution in [0.15, 0.2) is 48.5 Å². The summed E-state index contributed by atoms with van der Waals surface area (Å²) >= 11 is 1.33. The summed E-state index contributed by atoms with van der Waals surface area (Å²) in [5.74, 6) is -0.0383. The quantitative estimate of drug-likeness (QED) is 0.615. The fourth-order valence-electron chi connectivity index (χ4n) is 3.55. The number of para-hydroxylation sites is 1. The monoisotopic (exact) mass is 435 g/mol. The van der Waals surface area contributed by atoms with Crippen LogP contribution in [0.5, 0.6) is 0 Å². The van der Waals surface area contributed by atoms with Gasteiger partial charge in [0.15, 0.2) is 0 Å². The molecule has 0 saturated carbocycles. The zero-order chi connectivity index (χ0) is 21.8. The van der Waals surface area contributed by atoms with Crippen LogP contribution in [0.3, 0.4) is 0 Å². The van der Waals surface area contributed by atoms with Gasteiger partial charge in [-0.25, -0.2) is 4.79 Å². The van der Waals surface area contributed by atoms with Crippen molar-refractivity contribution >= 4 is 34.6 Å². The summed E-state index contributed by atoms with van der Waals surface area (Å²) in [5, 5.41) is 15.4. The molecule has 1 fully saturated rings. The van der Waals surface area contributed by atoms with E-state index in [0.29, 0.717) is 18.1 Å². The minimum absolute atomic E-state index is 0.0804. The van der Waals surface area contributed by atoms with Crippen LogP contribution in [0.4, 0.5) is 16.2 Å². The molecule has 3 amide bonds. The zero-order valence-corrected chi connectivity index (χ0v) is 18.4.